The molecule has 7 nitrogen and oxygen atoms in total. The third-order valence-corrected chi connectivity index (χ3v) is 9.64. The summed E-state index contributed by atoms with van der Waals surface area (Å²) in [4.78, 5) is 14.2. The molecule has 1 atom stereocenters. The lowest BCUT2D eigenvalue weighted by Gasteiger charge is -2.29. The molecule has 210 valence electrons. The van der Waals surface area contributed by atoms with E-state index in [9.17, 15) is 9.36 Å². The number of hydrogen-bond acceptors (Lipinski definition) is 7. The molecule has 11 heteroatoms. The Morgan fingerprint density at radius 2 is 1.55 bits per heavy atom. The van der Waals surface area contributed by atoms with Crippen molar-refractivity contribution in [2.45, 2.75) is 42.3 Å². The molecule has 0 spiro atoms. The second-order valence-electron chi connectivity index (χ2n) is 8.81. The highest BCUT2D eigenvalue weighted by Crippen LogP contribution is 2.61. The van der Waals surface area contributed by atoms with Crippen molar-refractivity contribution in [3.05, 3.63) is 111 Å². The summed E-state index contributed by atoms with van der Waals surface area (Å²) in [5.41, 5.74) is 1.69. The van der Waals surface area contributed by atoms with Crippen molar-refractivity contribution >= 4 is 48.2 Å². The summed E-state index contributed by atoms with van der Waals surface area (Å²) in [6.07, 6.45) is 2.98. The Kier molecular flexibility index (Phi) is 10.9. The number of nitrogens with one attached hydrogen (secondary N) is 1. The third-order valence-electron chi connectivity index (χ3n) is 5.73. The van der Waals surface area contributed by atoms with Crippen LogP contribution in [-0.2, 0) is 13.6 Å². The smallest absolute Gasteiger partial charge is 0.357 e. The van der Waals surface area contributed by atoms with Crippen LogP contribution in [0.5, 0.6) is 0 Å². The van der Waals surface area contributed by atoms with E-state index in [2.05, 4.69) is 10.4 Å². The molecule has 1 aromatic heterocycles. The van der Waals surface area contributed by atoms with Gasteiger partial charge in [0.05, 0.1) is 30.0 Å². The monoisotopic (exact) mass is 617 g/mol. The molecule has 0 aliphatic heterocycles. The molecule has 4 rings (SSSR count). The summed E-state index contributed by atoms with van der Waals surface area (Å²) in [5.74, 6) is -0.745. The van der Waals surface area contributed by atoms with Crippen LogP contribution >= 0.6 is 42.6 Å². The van der Waals surface area contributed by atoms with Gasteiger partial charge in [0.15, 0.2) is 5.78 Å². The van der Waals surface area contributed by atoms with Crippen molar-refractivity contribution in [1.82, 2.24) is 9.78 Å². The molecule has 0 bridgehead atoms. The first kappa shape index (κ1) is 30.4. The third kappa shape index (κ3) is 7.58. The maximum Gasteiger partial charge on any atom is 0.357 e. The van der Waals surface area contributed by atoms with Gasteiger partial charge in [-0.2, -0.15) is 9.78 Å². The molecule has 40 heavy (non-hydrogen) atoms. The normalized spacial score (nSPS) is 12.3. The van der Waals surface area contributed by atoms with Gasteiger partial charge in [0, 0.05) is 15.6 Å². The summed E-state index contributed by atoms with van der Waals surface area (Å²) < 4.78 is 27.0. The zero-order chi connectivity index (χ0) is 28.5. The Bertz CT molecular complexity index is 1490. The fraction of sp³-hybridized carbons (Fsp3) is 0.241. The van der Waals surface area contributed by atoms with Gasteiger partial charge in [0.1, 0.15) is 5.02 Å². The van der Waals surface area contributed by atoms with Crippen molar-refractivity contribution in [2.24, 2.45) is 0 Å². The number of halogens is 2. The molecule has 0 aliphatic carbocycles. The Balaban J connectivity index is 1.57. The van der Waals surface area contributed by atoms with E-state index >= 15 is 0 Å². The second-order valence-corrected chi connectivity index (χ2v) is 12.8. The van der Waals surface area contributed by atoms with Gasteiger partial charge < -0.3 is 14.4 Å². The Hall–Kier alpha value is -2.58. The van der Waals surface area contributed by atoms with E-state index < -0.39 is 18.9 Å². The SMILES string of the molecule is CCCOP(=O)(OCCC)C(Nc1ccc(Sc2cnn(-c3ccccc3)c(=O)c2Cl)cc1)c1ccc(Cl)cc1. The van der Waals surface area contributed by atoms with Gasteiger partial charge in [-0.3, -0.25) is 9.36 Å². The zero-order valence-electron chi connectivity index (χ0n) is 22.1. The average Bonchev–Trinajstić information content (AvgIpc) is 2.98. The molecule has 1 N–H and O–H groups in total. The van der Waals surface area contributed by atoms with E-state index in [4.69, 9.17) is 32.2 Å². The molecule has 0 aliphatic rings. The fourth-order valence-corrected chi connectivity index (χ4v) is 7.02. The molecule has 0 fully saturated rings. The van der Waals surface area contributed by atoms with Crippen molar-refractivity contribution in [1.29, 1.82) is 0 Å². The van der Waals surface area contributed by atoms with Crippen LogP contribution in [0.15, 0.2) is 99.6 Å². The minimum atomic E-state index is -3.60. The van der Waals surface area contributed by atoms with Crippen LogP contribution in [0.3, 0.4) is 0 Å². The lowest BCUT2D eigenvalue weighted by atomic mass is 10.2. The number of aromatic nitrogens is 2. The van der Waals surface area contributed by atoms with E-state index in [-0.39, 0.29) is 5.02 Å². The maximum absolute atomic E-state index is 14.0. The van der Waals surface area contributed by atoms with E-state index in [1.165, 1.54) is 16.4 Å². The summed E-state index contributed by atoms with van der Waals surface area (Å²) in [6.45, 7) is 4.52. The topological polar surface area (TPSA) is 82.4 Å². The summed E-state index contributed by atoms with van der Waals surface area (Å²) in [5, 5.41) is 8.32. The molecule has 1 unspecified atom stereocenters. The number of anilines is 1. The molecule has 3 aromatic carbocycles. The Morgan fingerprint density at radius 1 is 0.925 bits per heavy atom. The minimum Gasteiger partial charge on any atom is -0.368 e. The molecule has 0 saturated carbocycles. The van der Waals surface area contributed by atoms with Crippen LogP contribution in [0.2, 0.25) is 10.0 Å². The van der Waals surface area contributed by atoms with Crippen molar-refractivity contribution in [2.75, 3.05) is 18.5 Å². The summed E-state index contributed by atoms with van der Waals surface area (Å²) in [7, 11) is -3.60. The minimum absolute atomic E-state index is 0.0935. The standard InChI is InChI=1S/C29H30Cl2N3O4PS/c1-3-18-37-39(36,38-19-4-2)28(21-10-12-22(30)13-11-21)33-23-14-16-25(17-15-23)40-26-20-32-34(29(35)27(26)31)24-8-6-5-7-9-24/h5-17,20,28,33H,3-4,18-19H2,1-2H3. The van der Waals surface area contributed by atoms with Crippen LogP contribution in [0, 0.1) is 0 Å². The highest BCUT2D eigenvalue weighted by atomic mass is 35.5. The first-order valence-electron chi connectivity index (χ1n) is 12.9. The average molecular weight is 619 g/mol. The maximum atomic E-state index is 14.0. The van der Waals surface area contributed by atoms with E-state index in [1.807, 2.05) is 68.4 Å². The zero-order valence-corrected chi connectivity index (χ0v) is 25.4. The van der Waals surface area contributed by atoms with Gasteiger partial charge in [-0.25, -0.2) is 0 Å². The largest absolute Gasteiger partial charge is 0.368 e. The van der Waals surface area contributed by atoms with Crippen molar-refractivity contribution in [3.63, 3.8) is 0 Å². The number of rotatable bonds is 13. The van der Waals surface area contributed by atoms with E-state index in [0.29, 0.717) is 47.3 Å². The van der Waals surface area contributed by atoms with E-state index in [1.54, 1.807) is 30.5 Å². The summed E-state index contributed by atoms with van der Waals surface area (Å²) in [6, 6.07) is 23.7. The van der Waals surface area contributed by atoms with Crippen LogP contribution < -0.4 is 10.9 Å². The molecule has 0 saturated heterocycles. The molecule has 0 radical (unpaired) electrons. The molecule has 0 amide bonds. The van der Waals surface area contributed by atoms with Crippen molar-refractivity contribution < 1.29 is 13.6 Å². The first-order valence-corrected chi connectivity index (χ1v) is 16.0. The molecular weight excluding hydrogens is 588 g/mol. The molecule has 1 heterocycles. The van der Waals surface area contributed by atoms with Gasteiger partial charge in [0.2, 0.25) is 0 Å². The number of nitrogens with zero attached hydrogens (tertiary/aromatic N) is 2. The van der Waals surface area contributed by atoms with Gasteiger partial charge in [-0.15, -0.1) is 0 Å². The number of benzene rings is 3. The van der Waals surface area contributed by atoms with Crippen LogP contribution in [-0.4, -0.2) is 23.0 Å². The predicted molar refractivity (Wildman–Crippen MR) is 163 cm³/mol. The number of para-hydroxylation sites is 1. The van der Waals surface area contributed by atoms with E-state index in [0.717, 1.165) is 10.5 Å². The Morgan fingerprint density at radius 3 is 2.15 bits per heavy atom. The fourth-order valence-electron chi connectivity index (χ4n) is 3.76. The highest BCUT2D eigenvalue weighted by molar-refractivity contribution is 7.99. The van der Waals surface area contributed by atoms with Crippen LogP contribution in [0.4, 0.5) is 5.69 Å². The highest BCUT2D eigenvalue weighted by Gasteiger charge is 2.37. The quantitative estimate of drug-likeness (QED) is 0.150. The van der Waals surface area contributed by atoms with Gasteiger partial charge in [0.25, 0.3) is 5.56 Å². The lowest BCUT2D eigenvalue weighted by molar-refractivity contribution is 0.199. The molecular formula is C29H30Cl2N3O4PS. The Labute approximate surface area is 248 Å². The second kappa shape index (κ2) is 14.4. The lowest BCUT2D eigenvalue weighted by Crippen LogP contribution is -2.21. The van der Waals surface area contributed by atoms with Gasteiger partial charge >= 0.3 is 7.60 Å². The first-order chi connectivity index (χ1) is 19.3. The van der Waals surface area contributed by atoms with Crippen LogP contribution in [0.1, 0.15) is 38.0 Å². The summed E-state index contributed by atoms with van der Waals surface area (Å²) >= 11 is 13.9. The van der Waals surface area contributed by atoms with Crippen molar-refractivity contribution in [3.8, 4) is 5.69 Å². The number of hydrogen-bond donors (Lipinski definition) is 1. The van der Waals surface area contributed by atoms with Gasteiger partial charge in [-0.05, 0) is 66.9 Å². The molecule has 4 aromatic rings. The van der Waals surface area contributed by atoms with Gasteiger partial charge in [-0.1, -0.05) is 79.1 Å². The van der Waals surface area contributed by atoms with Crippen LogP contribution in [0.25, 0.3) is 5.69 Å². The predicted octanol–water partition coefficient (Wildman–Crippen LogP) is 8.85.